The lowest BCUT2D eigenvalue weighted by molar-refractivity contribution is 0.0846. The second kappa shape index (κ2) is 5.51. The van der Waals surface area contributed by atoms with Gasteiger partial charge in [-0.25, -0.2) is 4.98 Å². The lowest BCUT2D eigenvalue weighted by Crippen LogP contribution is -2.14. The molecule has 0 N–H and O–H groups in total. The van der Waals surface area contributed by atoms with Crippen LogP contribution in [0, 0.1) is 0 Å². The molecule has 0 atom stereocenters. The van der Waals surface area contributed by atoms with Crippen molar-refractivity contribution < 1.29 is 9.47 Å². The highest BCUT2D eigenvalue weighted by Gasteiger charge is 2.19. The van der Waals surface area contributed by atoms with Crippen molar-refractivity contribution in [1.29, 1.82) is 0 Å². The number of rotatable bonds is 3. The van der Waals surface area contributed by atoms with E-state index in [9.17, 15) is 0 Å². The lowest BCUT2D eigenvalue weighted by Gasteiger charge is -2.19. The van der Waals surface area contributed by atoms with Crippen LogP contribution in [0.4, 0.5) is 0 Å². The topological polar surface area (TPSA) is 35.8 Å². The number of hydrogen-bond acceptors (Lipinski definition) is 3. The van der Waals surface area contributed by atoms with Crippen molar-refractivity contribution in [2.75, 3.05) is 19.8 Å². The van der Waals surface area contributed by atoms with Gasteiger partial charge in [0.05, 0.1) is 16.8 Å². The molecular weight excluding hydrogens is 308 g/mol. The van der Waals surface area contributed by atoms with Crippen molar-refractivity contribution in [3.8, 4) is 5.75 Å². The molecule has 2 aromatic rings. The molecule has 5 heteroatoms. The molecule has 1 saturated heterocycles. The Balaban J connectivity index is 1.95. The van der Waals surface area contributed by atoms with E-state index >= 15 is 0 Å². The second-order valence-electron chi connectivity index (χ2n) is 4.74. The number of pyridine rings is 1. The number of nitrogens with zero attached hydrogens (tertiary/aromatic N) is 2. The number of hydrogen-bond donors (Lipinski definition) is 0. The number of fused-ring (bicyclic) bond motifs is 1. The lowest BCUT2D eigenvalue weighted by atomic mass is 9.97. The summed E-state index contributed by atoms with van der Waals surface area (Å²) in [5, 5.41) is 0. The molecule has 0 spiro atoms. The number of aromatic nitrogens is 2. The summed E-state index contributed by atoms with van der Waals surface area (Å²) in [6.45, 7) is 4.32. The minimum Gasteiger partial charge on any atom is -0.492 e. The number of imidazole rings is 1. The van der Waals surface area contributed by atoms with Crippen molar-refractivity contribution in [3.63, 3.8) is 0 Å². The molecule has 0 aliphatic carbocycles. The maximum Gasteiger partial charge on any atom is 0.140 e. The minimum absolute atomic E-state index is 0.517. The first-order valence-electron chi connectivity index (χ1n) is 6.66. The summed E-state index contributed by atoms with van der Waals surface area (Å²) in [6, 6.07) is 1.98. The highest BCUT2D eigenvalue weighted by molar-refractivity contribution is 9.10. The molecule has 0 amide bonds. The van der Waals surface area contributed by atoms with Crippen LogP contribution in [0.5, 0.6) is 5.75 Å². The van der Waals surface area contributed by atoms with Gasteiger partial charge in [0.2, 0.25) is 0 Å². The maximum absolute atomic E-state index is 5.58. The third kappa shape index (κ3) is 2.62. The Morgan fingerprint density at radius 1 is 1.42 bits per heavy atom. The van der Waals surface area contributed by atoms with Crippen molar-refractivity contribution in [1.82, 2.24) is 9.38 Å². The third-order valence-electron chi connectivity index (χ3n) is 3.47. The van der Waals surface area contributed by atoms with Gasteiger partial charge in [-0.15, -0.1) is 0 Å². The van der Waals surface area contributed by atoms with Crippen molar-refractivity contribution in [3.05, 3.63) is 28.6 Å². The van der Waals surface area contributed by atoms with Gasteiger partial charge in [-0.3, -0.25) is 0 Å². The van der Waals surface area contributed by atoms with E-state index in [0.29, 0.717) is 12.5 Å². The largest absolute Gasteiger partial charge is 0.492 e. The number of halogens is 1. The standard InChI is InChI=1S/C14H17BrN2O2/c1-2-19-13-7-14-16-12(9-17(14)8-11(13)15)10-3-5-18-6-4-10/h7-10H,2-6H2,1H3. The molecule has 2 aromatic heterocycles. The molecule has 1 aliphatic rings. The fourth-order valence-electron chi connectivity index (χ4n) is 2.47. The van der Waals surface area contributed by atoms with Crippen LogP contribution < -0.4 is 4.74 Å². The molecule has 1 fully saturated rings. The first-order chi connectivity index (χ1) is 9.28. The summed E-state index contributed by atoms with van der Waals surface area (Å²) < 4.78 is 14.0. The van der Waals surface area contributed by atoms with Crippen molar-refractivity contribution in [2.24, 2.45) is 0 Å². The quantitative estimate of drug-likeness (QED) is 0.868. The molecule has 4 nitrogen and oxygen atoms in total. The predicted molar refractivity (Wildman–Crippen MR) is 76.9 cm³/mol. The van der Waals surface area contributed by atoms with Crippen LogP contribution in [-0.4, -0.2) is 29.2 Å². The summed E-state index contributed by atoms with van der Waals surface area (Å²) in [4.78, 5) is 4.73. The zero-order chi connectivity index (χ0) is 13.2. The summed E-state index contributed by atoms with van der Waals surface area (Å²) in [5.74, 6) is 1.36. The molecule has 102 valence electrons. The van der Waals surface area contributed by atoms with Crippen LogP contribution >= 0.6 is 15.9 Å². The second-order valence-corrected chi connectivity index (χ2v) is 5.59. The Morgan fingerprint density at radius 3 is 2.95 bits per heavy atom. The van der Waals surface area contributed by atoms with Crippen LogP contribution in [0.2, 0.25) is 0 Å². The van der Waals surface area contributed by atoms with E-state index < -0.39 is 0 Å². The molecule has 0 aromatic carbocycles. The van der Waals surface area contributed by atoms with Crippen LogP contribution in [-0.2, 0) is 4.74 Å². The summed E-state index contributed by atoms with van der Waals surface area (Å²) in [5.41, 5.74) is 2.09. The van der Waals surface area contributed by atoms with Crippen LogP contribution in [0.15, 0.2) is 22.9 Å². The van der Waals surface area contributed by atoms with Gasteiger partial charge in [0.1, 0.15) is 11.4 Å². The molecule has 1 aliphatic heterocycles. The first-order valence-corrected chi connectivity index (χ1v) is 7.46. The Labute approximate surface area is 120 Å². The first kappa shape index (κ1) is 12.9. The zero-order valence-corrected chi connectivity index (χ0v) is 12.5. The van der Waals surface area contributed by atoms with E-state index in [4.69, 9.17) is 14.5 Å². The Bertz CT molecular complexity index is 576. The van der Waals surface area contributed by atoms with Gasteiger partial charge in [0.15, 0.2) is 0 Å². The molecule has 3 heterocycles. The van der Waals surface area contributed by atoms with Gasteiger partial charge in [0.25, 0.3) is 0 Å². The van der Waals surface area contributed by atoms with Crippen LogP contribution in [0.1, 0.15) is 31.4 Å². The van der Waals surface area contributed by atoms with E-state index in [1.54, 1.807) is 0 Å². The fourth-order valence-corrected chi connectivity index (χ4v) is 2.92. The molecular formula is C14H17BrN2O2. The van der Waals surface area contributed by atoms with Gasteiger partial charge in [-0.2, -0.15) is 0 Å². The minimum atomic E-state index is 0.517. The van der Waals surface area contributed by atoms with E-state index in [0.717, 1.165) is 47.6 Å². The van der Waals surface area contributed by atoms with Gasteiger partial charge in [0, 0.05) is 37.6 Å². The monoisotopic (exact) mass is 324 g/mol. The van der Waals surface area contributed by atoms with E-state index in [-0.39, 0.29) is 0 Å². The normalized spacial score (nSPS) is 16.9. The highest BCUT2D eigenvalue weighted by Crippen LogP contribution is 2.30. The highest BCUT2D eigenvalue weighted by atomic mass is 79.9. The number of ether oxygens (including phenoxy) is 2. The molecule has 0 saturated carbocycles. The summed E-state index contributed by atoms with van der Waals surface area (Å²) in [7, 11) is 0. The third-order valence-corrected chi connectivity index (χ3v) is 4.06. The molecule has 19 heavy (non-hydrogen) atoms. The molecule has 0 radical (unpaired) electrons. The molecule has 3 rings (SSSR count). The molecule has 0 unspecified atom stereocenters. The van der Waals surface area contributed by atoms with Crippen molar-refractivity contribution in [2.45, 2.75) is 25.7 Å². The van der Waals surface area contributed by atoms with Gasteiger partial charge in [-0.1, -0.05) is 0 Å². The Morgan fingerprint density at radius 2 is 2.21 bits per heavy atom. The average molecular weight is 325 g/mol. The van der Waals surface area contributed by atoms with Gasteiger partial charge < -0.3 is 13.9 Å². The predicted octanol–water partition coefficient (Wildman–Crippen LogP) is 3.39. The van der Waals surface area contributed by atoms with Gasteiger partial charge in [-0.05, 0) is 35.7 Å². The maximum atomic E-state index is 5.58. The SMILES string of the molecule is CCOc1cc2nc(C3CCOCC3)cn2cc1Br. The summed E-state index contributed by atoms with van der Waals surface area (Å²) >= 11 is 3.53. The van der Waals surface area contributed by atoms with Crippen LogP contribution in [0.3, 0.4) is 0 Å². The molecule has 0 bridgehead atoms. The smallest absolute Gasteiger partial charge is 0.140 e. The fraction of sp³-hybridized carbons (Fsp3) is 0.500. The van der Waals surface area contributed by atoms with E-state index in [1.165, 1.54) is 0 Å². The van der Waals surface area contributed by atoms with Crippen LogP contribution in [0.25, 0.3) is 5.65 Å². The average Bonchev–Trinajstić information content (AvgIpc) is 2.83. The van der Waals surface area contributed by atoms with E-state index in [2.05, 4.69) is 26.5 Å². The Hall–Kier alpha value is -1.07. The van der Waals surface area contributed by atoms with Crippen molar-refractivity contribution >= 4 is 21.6 Å². The zero-order valence-electron chi connectivity index (χ0n) is 10.9. The van der Waals surface area contributed by atoms with Gasteiger partial charge >= 0.3 is 0 Å². The van der Waals surface area contributed by atoms with E-state index in [1.807, 2.05) is 19.2 Å². The summed E-state index contributed by atoms with van der Waals surface area (Å²) in [6.07, 6.45) is 6.24. The Kier molecular flexibility index (Phi) is 3.75.